The maximum absolute atomic E-state index is 12.8. The first-order valence-electron chi connectivity index (χ1n) is 9.40. The van der Waals surface area contributed by atoms with E-state index in [1.807, 2.05) is 49.3 Å². The fourth-order valence-corrected chi connectivity index (χ4v) is 2.74. The molecule has 0 atom stereocenters. The molecule has 30 heavy (non-hydrogen) atoms. The number of anilines is 1. The second-order valence-electron chi connectivity index (χ2n) is 6.90. The van der Waals surface area contributed by atoms with Crippen molar-refractivity contribution >= 4 is 11.7 Å². The monoisotopic (exact) mass is 415 g/mol. The van der Waals surface area contributed by atoms with Gasteiger partial charge in [-0.2, -0.15) is 8.78 Å². The molecule has 0 bridgehead atoms. The van der Waals surface area contributed by atoms with Crippen LogP contribution in [-0.2, 0) is 6.54 Å². The molecule has 0 unspecified atom stereocenters. The first-order chi connectivity index (χ1) is 14.4. The summed E-state index contributed by atoms with van der Waals surface area (Å²) in [6.07, 6.45) is -2.81. The van der Waals surface area contributed by atoms with E-state index < -0.39 is 12.3 Å². The van der Waals surface area contributed by atoms with Crippen molar-refractivity contribution in [2.24, 2.45) is 0 Å². The summed E-state index contributed by atoms with van der Waals surface area (Å²) < 4.78 is 30.2. The van der Waals surface area contributed by atoms with Gasteiger partial charge in [-0.3, -0.25) is 4.90 Å². The Bertz CT molecular complexity index is 946. The summed E-state index contributed by atoms with van der Waals surface area (Å²) in [6, 6.07) is 16.1. The topological polar surface area (TPSA) is 74.5 Å². The van der Waals surface area contributed by atoms with Crippen LogP contribution in [0.1, 0.15) is 17.9 Å². The normalized spacial score (nSPS) is 11.1. The summed E-state index contributed by atoms with van der Waals surface area (Å²) in [6.45, 7) is 1.59. The molecule has 2 amide bonds. The molecule has 0 aliphatic heterocycles. The maximum Gasteiger partial charge on any atom is 0.322 e. The standard InChI is InChI=1S/C21H23F2N5O2/c1-27(2)13-12-24-21(29)28(17-6-4-3-5-7-17)14-15-8-10-16(11-9-15)19-25-26-20(30-19)18(22)23/h3-11,18H,12-14H2,1-2H3,(H,24,29). The smallest absolute Gasteiger partial charge is 0.322 e. The molecule has 9 heteroatoms. The Morgan fingerprint density at radius 3 is 2.37 bits per heavy atom. The third-order valence-corrected chi connectivity index (χ3v) is 4.32. The van der Waals surface area contributed by atoms with E-state index in [1.165, 1.54) is 0 Å². The van der Waals surface area contributed by atoms with Gasteiger partial charge in [0.25, 0.3) is 5.89 Å². The molecule has 158 valence electrons. The van der Waals surface area contributed by atoms with E-state index >= 15 is 0 Å². The number of halogens is 2. The molecule has 0 fully saturated rings. The quantitative estimate of drug-likeness (QED) is 0.603. The number of rotatable bonds is 8. The molecule has 3 rings (SSSR count). The number of likely N-dealkylation sites (N-methyl/N-ethyl adjacent to an activating group) is 1. The van der Waals surface area contributed by atoms with Crippen molar-refractivity contribution in [3.63, 3.8) is 0 Å². The molecule has 1 heterocycles. The number of amides is 2. The first kappa shape index (κ1) is 21.4. The van der Waals surface area contributed by atoms with Crippen LogP contribution in [0.3, 0.4) is 0 Å². The van der Waals surface area contributed by atoms with Crippen LogP contribution >= 0.6 is 0 Å². The van der Waals surface area contributed by atoms with Gasteiger partial charge in [0.2, 0.25) is 5.89 Å². The largest absolute Gasteiger partial charge is 0.415 e. The van der Waals surface area contributed by atoms with Crippen molar-refractivity contribution in [3.8, 4) is 11.5 Å². The zero-order valence-electron chi connectivity index (χ0n) is 16.8. The molecule has 0 saturated heterocycles. The minimum atomic E-state index is -2.81. The highest BCUT2D eigenvalue weighted by Gasteiger charge is 2.18. The summed E-state index contributed by atoms with van der Waals surface area (Å²) in [5, 5.41) is 9.91. The van der Waals surface area contributed by atoms with Crippen LogP contribution in [0, 0.1) is 0 Å². The average Bonchev–Trinajstić information content (AvgIpc) is 3.23. The van der Waals surface area contributed by atoms with Crippen molar-refractivity contribution in [1.82, 2.24) is 20.4 Å². The predicted octanol–water partition coefficient (Wildman–Crippen LogP) is 3.95. The molecule has 0 radical (unpaired) electrons. The highest BCUT2D eigenvalue weighted by atomic mass is 19.3. The third kappa shape index (κ3) is 5.60. The molecular weight excluding hydrogens is 392 g/mol. The fraction of sp³-hybridized carbons (Fsp3) is 0.286. The Labute approximate surface area is 173 Å². The SMILES string of the molecule is CN(C)CCNC(=O)N(Cc1ccc(-c2nnc(C(F)F)o2)cc1)c1ccccc1. The number of benzene rings is 2. The van der Waals surface area contributed by atoms with Crippen molar-refractivity contribution in [3.05, 3.63) is 66.1 Å². The van der Waals surface area contributed by atoms with Gasteiger partial charge in [-0.1, -0.05) is 30.3 Å². The van der Waals surface area contributed by atoms with Gasteiger partial charge in [-0.25, -0.2) is 4.79 Å². The van der Waals surface area contributed by atoms with Crippen molar-refractivity contribution in [1.29, 1.82) is 0 Å². The molecule has 0 spiro atoms. The molecule has 0 saturated carbocycles. The number of alkyl halides is 2. The maximum atomic E-state index is 12.8. The van der Waals surface area contributed by atoms with Crippen LogP contribution in [0.15, 0.2) is 59.0 Å². The number of carbonyl (C=O) groups is 1. The van der Waals surface area contributed by atoms with E-state index in [-0.39, 0.29) is 11.9 Å². The molecule has 1 aromatic heterocycles. The lowest BCUT2D eigenvalue weighted by molar-refractivity contribution is 0.116. The number of urea groups is 1. The first-order valence-corrected chi connectivity index (χ1v) is 9.40. The minimum Gasteiger partial charge on any atom is -0.415 e. The van der Waals surface area contributed by atoms with Gasteiger partial charge in [-0.05, 0) is 43.9 Å². The van der Waals surface area contributed by atoms with Crippen LogP contribution in [0.4, 0.5) is 19.3 Å². The van der Waals surface area contributed by atoms with E-state index in [1.54, 1.807) is 29.2 Å². The van der Waals surface area contributed by atoms with Gasteiger partial charge < -0.3 is 14.6 Å². The number of carbonyl (C=O) groups excluding carboxylic acids is 1. The molecule has 2 aromatic carbocycles. The zero-order chi connectivity index (χ0) is 21.5. The Morgan fingerprint density at radius 1 is 1.07 bits per heavy atom. The average molecular weight is 415 g/mol. The van der Waals surface area contributed by atoms with Gasteiger partial charge in [0, 0.05) is 24.3 Å². The second-order valence-corrected chi connectivity index (χ2v) is 6.90. The molecule has 0 aliphatic rings. The van der Waals surface area contributed by atoms with Crippen molar-refractivity contribution in [2.45, 2.75) is 13.0 Å². The van der Waals surface area contributed by atoms with E-state index in [0.717, 1.165) is 17.8 Å². The van der Waals surface area contributed by atoms with Crippen LogP contribution in [-0.4, -0.2) is 48.3 Å². The van der Waals surface area contributed by atoms with E-state index in [2.05, 4.69) is 15.5 Å². The van der Waals surface area contributed by atoms with Gasteiger partial charge in [0.1, 0.15) is 0 Å². The van der Waals surface area contributed by atoms with Crippen molar-refractivity contribution < 1.29 is 18.0 Å². The molecular formula is C21H23F2N5O2. The number of nitrogens with zero attached hydrogens (tertiary/aromatic N) is 4. The van der Waals surface area contributed by atoms with Crippen LogP contribution in [0.25, 0.3) is 11.5 Å². The number of hydrogen-bond donors (Lipinski definition) is 1. The van der Waals surface area contributed by atoms with Crippen LogP contribution < -0.4 is 10.2 Å². The fourth-order valence-electron chi connectivity index (χ4n) is 2.74. The molecule has 7 nitrogen and oxygen atoms in total. The highest BCUT2D eigenvalue weighted by molar-refractivity contribution is 5.91. The summed E-state index contributed by atoms with van der Waals surface area (Å²) in [4.78, 5) is 16.4. The van der Waals surface area contributed by atoms with Gasteiger partial charge in [-0.15, -0.1) is 10.2 Å². The number of nitrogens with one attached hydrogen (secondary N) is 1. The number of hydrogen-bond acceptors (Lipinski definition) is 5. The Kier molecular flexibility index (Phi) is 7.08. The van der Waals surface area contributed by atoms with E-state index in [0.29, 0.717) is 18.7 Å². The Balaban J connectivity index is 1.74. The minimum absolute atomic E-state index is 0.0261. The lowest BCUT2D eigenvalue weighted by Crippen LogP contribution is -2.42. The zero-order valence-corrected chi connectivity index (χ0v) is 16.8. The summed E-state index contributed by atoms with van der Waals surface area (Å²) >= 11 is 0. The van der Waals surface area contributed by atoms with Gasteiger partial charge in [0.15, 0.2) is 0 Å². The molecule has 3 aromatic rings. The Morgan fingerprint density at radius 2 is 1.77 bits per heavy atom. The second kappa shape index (κ2) is 9.93. The lowest BCUT2D eigenvalue weighted by atomic mass is 10.1. The van der Waals surface area contributed by atoms with E-state index in [4.69, 9.17) is 4.42 Å². The van der Waals surface area contributed by atoms with Crippen LogP contribution in [0.2, 0.25) is 0 Å². The number of aromatic nitrogens is 2. The lowest BCUT2D eigenvalue weighted by Gasteiger charge is -2.24. The third-order valence-electron chi connectivity index (χ3n) is 4.32. The summed E-state index contributed by atoms with van der Waals surface area (Å²) in [5.41, 5.74) is 2.15. The van der Waals surface area contributed by atoms with Crippen molar-refractivity contribution in [2.75, 3.05) is 32.1 Å². The van der Waals surface area contributed by atoms with Crippen LogP contribution in [0.5, 0.6) is 0 Å². The number of para-hydroxylation sites is 1. The highest BCUT2D eigenvalue weighted by Crippen LogP contribution is 2.24. The summed E-state index contributed by atoms with van der Waals surface area (Å²) in [5.74, 6) is -0.683. The summed E-state index contributed by atoms with van der Waals surface area (Å²) in [7, 11) is 3.88. The molecule has 1 N–H and O–H groups in total. The molecule has 0 aliphatic carbocycles. The van der Waals surface area contributed by atoms with Gasteiger partial charge in [0.05, 0.1) is 6.54 Å². The Hall–Kier alpha value is -3.33. The predicted molar refractivity (Wildman–Crippen MR) is 109 cm³/mol. The van der Waals surface area contributed by atoms with Gasteiger partial charge >= 0.3 is 12.5 Å². The van der Waals surface area contributed by atoms with E-state index in [9.17, 15) is 13.6 Å².